The van der Waals surface area contributed by atoms with Crippen molar-refractivity contribution in [2.75, 3.05) is 18.1 Å². The Hall–Kier alpha value is -3.91. The van der Waals surface area contributed by atoms with E-state index in [1.807, 2.05) is 48.5 Å². The molecule has 0 radical (unpaired) electrons. The second-order valence-electron chi connectivity index (χ2n) is 10.8. The van der Waals surface area contributed by atoms with Gasteiger partial charge in [-0.15, -0.1) is 5.10 Å². The summed E-state index contributed by atoms with van der Waals surface area (Å²) in [6.07, 6.45) is 8.20. The number of anilines is 1. The van der Waals surface area contributed by atoms with Crippen LogP contribution in [0.15, 0.2) is 65.4 Å². The van der Waals surface area contributed by atoms with Crippen molar-refractivity contribution in [3.8, 4) is 16.8 Å². The molecule has 3 heterocycles. The summed E-state index contributed by atoms with van der Waals surface area (Å²) in [6, 6.07) is 15.6. The van der Waals surface area contributed by atoms with Gasteiger partial charge in [0.2, 0.25) is 5.91 Å². The Labute approximate surface area is 227 Å². The third-order valence-corrected chi connectivity index (χ3v) is 8.23. The van der Waals surface area contributed by atoms with Crippen LogP contribution in [0.3, 0.4) is 0 Å². The third kappa shape index (κ3) is 5.08. The number of aromatic nitrogens is 2. The molecule has 0 spiro atoms. The number of aromatic carboxylic acids is 1. The molecule has 8 nitrogen and oxygen atoms in total. The van der Waals surface area contributed by atoms with Crippen LogP contribution in [-0.4, -0.2) is 46.0 Å². The number of furan rings is 1. The number of hydrogen-bond acceptors (Lipinski definition) is 5. The molecule has 4 aromatic rings. The zero-order valence-electron chi connectivity index (χ0n) is 22.1. The van der Waals surface area contributed by atoms with E-state index in [1.54, 1.807) is 15.8 Å². The molecule has 2 aromatic carbocycles. The molecule has 1 aliphatic carbocycles. The van der Waals surface area contributed by atoms with Gasteiger partial charge < -0.3 is 14.3 Å². The second-order valence-corrected chi connectivity index (χ2v) is 10.8. The number of carboxylic acid groups (broad SMARTS) is 1. The smallest absolute Gasteiger partial charge is 0.341 e. The van der Waals surface area contributed by atoms with E-state index >= 15 is 0 Å². The molecule has 8 heteroatoms. The molecular weight excluding hydrogens is 494 g/mol. The van der Waals surface area contributed by atoms with Crippen LogP contribution in [0.1, 0.15) is 55.8 Å². The summed E-state index contributed by atoms with van der Waals surface area (Å²) in [7, 11) is 0. The summed E-state index contributed by atoms with van der Waals surface area (Å²) in [5.74, 6) is -0.373. The maximum atomic E-state index is 13.9. The zero-order valence-corrected chi connectivity index (χ0v) is 22.1. The number of ether oxygens (including phenoxy) is 1. The van der Waals surface area contributed by atoms with E-state index in [2.05, 4.69) is 6.92 Å². The van der Waals surface area contributed by atoms with Gasteiger partial charge in [0.05, 0.1) is 12.0 Å². The van der Waals surface area contributed by atoms with Gasteiger partial charge in [-0.25, -0.2) is 9.48 Å². The quantitative estimate of drug-likeness (QED) is 0.315. The monoisotopic (exact) mass is 527 g/mol. The number of fused-ring (bicyclic) bond motifs is 1. The van der Waals surface area contributed by atoms with E-state index in [4.69, 9.17) is 14.3 Å². The van der Waals surface area contributed by atoms with Gasteiger partial charge in [0.15, 0.2) is 5.82 Å². The van der Waals surface area contributed by atoms with E-state index < -0.39 is 5.97 Å². The first kappa shape index (κ1) is 25.4. The van der Waals surface area contributed by atoms with Crippen LogP contribution in [0.5, 0.6) is 0 Å². The van der Waals surface area contributed by atoms with Crippen LogP contribution in [-0.2, 0) is 9.53 Å². The van der Waals surface area contributed by atoms with Crippen LogP contribution in [0, 0.1) is 11.8 Å². The summed E-state index contributed by atoms with van der Waals surface area (Å²) in [4.78, 5) is 28.0. The van der Waals surface area contributed by atoms with Gasteiger partial charge in [-0.2, -0.15) is 0 Å². The van der Waals surface area contributed by atoms with Crippen molar-refractivity contribution in [3.05, 3.63) is 66.6 Å². The number of benzene rings is 2. The summed E-state index contributed by atoms with van der Waals surface area (Å²) in [5, 5.41) is 15.9. The van der Waals surface area contributed by atoms with Crippen molar-refractivity contribution in [2.45, 2.75) is 51.5 Å². The first-order valence-electron chi connectivity index (χ1n) is 13.8. The zero-order chi connectivity index (χ0) is 26.9. The molecule has 2 aliphatic rings. The highest BCUT2D eigenvalue weighted by molar-refractivity contribution is 6.02. The van der Waals surface area contributed by atoms with Gasteiger partial charge >= 0.3 is 5.97 Å². The fraction of sp³-hybridized carbons (Fsp3) is 0.387. The predicted molar refractivity (Wildman–Crippen MR) is 148 cm³/mol. The predicted octanol–water partition coefficient (Wildman–Crippen LogP) is 6.32. The van der Waals surface area contributed by atoms with E-state index in [9.17, 15) is 14.7 Å². The lowest BCUT2D eigenvalue weighted by atomic mass is 9.82. The topological polar surface area (TPSA) is 97.8 Å². The largest absolute Gasteiger partial charge is 0.477 e. The van der Waals surface area contributed by atoms with Crippen molar-refractivity contribution in [2.24, 2.45) is 11.8 Å². The van der Waals surface area contributed by atoms with E-state index in [-0.39, 0.29) is 29.2 Å². The van der Waals surface area contributed by atoms with Crippen LogP contribution in [0.4, 0.5) is 5.82 Å². The number of rotatable bonds is 6. The number of carboxylic acids is 1. The summed E-state index contributed by atoms with van der Waals surface area (Å²) in [5.41, 5.74) is 3.61. The second kappa shape index (κ2) is 10.7. The summed E-state index contributed by atoms with van der Waals surface area (Å²) >= 11 is 0. The molecule has 0 unspecified atom stereocenters. The Morgan fingerprint density at radius 1 is 0.949 bits per heavy atom. The van der Waals surface area contributed by atoms with Crippen molar-refractivity contribution in [3.63, 3.8) is 0 Å². The maximum absolute atomic E-state index is 13.9. The van der Waals surface area contributed by atoms with Crippen LogP contribution < -0.4 is 4.90 Å². The minimum atomic E-state index is -1.10. The Morgan fingerprint density at radius 3 is 2.38 bits per heavy atom. The number of carbonyl (C=O) groups is 2. The first-order valence-corrected chi connectivity index (χ1v) is 13.8. The van der Waals surface area contributed by atoms with Gasteiger partial charge in [-0.1, -0.05) is 31.2 Å². The van der Waals surface area contributed by atoms with E-state index in [1.165, 1.54) is 6.20 Å². The summed E-state index contributed by atoms with van der Waals surface area (Å²) in [6.45, 7) is 3.32. The van der Waals surface area contributed by atoms with Gasteiger partial charge in [0.1, 0.15) is 11.1 Å². The highest BCUT2D eigenvalue weighted by Crippen LogP contribution is 2.34. The molecule has 6 rings (SSSR count). The Balaban J connectivity index is 1.33. The molecular formula is C31H33N3O5. The normalized spacial score (nSPS) is 20.2. The number of hydrogen-bond donors (Lipinski definition) is 1. The lowest BCUT2D eigenvalue weighted by Gasteiger charge is -2.37. The molecule has 1 amide bonds. The lowest BCUT2D eigenvalue weighted by Crippen LogP contribution is -2.47. The number of amides is 1. The van der Waals surface area contributed by atoms with Crippen LogP contribution >= 0.6 is 0 Å². The summed E-state index contributed by atoms with van der Waals surface area (Å²) < 4.78 is 12.7. The maximum Gasteiger partial charge on any atom is 0.341 e. The van der Waals surface area contributed by atoms with Gasteiger partial charge in [-0.05, 0) is 79.8 Å². The molecule has 0 atom stereocenters. The van der Waals surface area contributed by atoms with Crippen molar-refractivity contribution < 1.29 is 23.8 Å². The SMILES string of the molecule is C[C@H]1CC[C@H](C(=O)N(c2nn(-c3ccc(-c4ccc5ccoc5c4)cc3)cc2C(=O)O)C2CCOCC2)CC1. The molecule has 2 aromatic heterocycles. The molecule has 2 fully saturated rings. The van der Waals surface area contributed by atoms with E-state index in [0.717, 1.165) is 53.5 Å². The van der Waals surface area contributed by atoms with E-state index in [0.29, 0.717) is 32.0 Å². The molecule has 1 aliphatic heterocycles. The average molecular weight is 528 g/mol. The van der Waals surface area contributed by atoms with Crippen LogP contribution in [0.2, 0.25) is 0 Å². The highest BCUT2D eigenvalue weighted by Gasteiger charge is 2.37. The fourth-order valence-electron chi connectivity index (χ4n) is 5.87. The van der Waals surface area contributed by atoms with Gasteiger partial charge in [0.25, 0.3) is 0 Å². The fourth-order valence-corrected chi connectivity index (χ4v) is 5.87. The standard InChI is InChI=1S/C31H33N3O5/c1-20-2-4-23(5-3-20)30(35)34(26-13-15-38-16-14-26)29-27(31(36)37)19-33(32-29)25-10-8-21(9-11-25)24-7-6-22-12-17-39-28(22)18-24/h6-12,17-20,23,26H,2-5,13-16H2,1H3,(H,36,37)/t20-,23-. The molecule has 202 valence electrons. The van der Waals surface area contributed by atoms with Crippen LogP contribution in [0.25, 0.3) is 27.8 Å². The molecule has 1 N–H and O–H groups in total. The molecule has 0 bridgehead atoms. The van der Waals surface area contributed by atoms with Gasteiger partial charge in [0, 0.05) is 36.8 Å². The van der Waals surface area contributed by atoms with Crippen molar-refractivity contribution in [1.29, 1.82) is 0 Å². The Bertz CT molecular complexity index is 1470. The minimum absolute atomic E-state index is 0.00906. The van der Waals surface area contributed by atoms with Crippen molar-refractivity contribution in [1.82, 2.24) is 9.78 Å². The Kier molecular flexibility index (Phi) is 6.95. The number of nitrogens with zero attached hydrogens (tertiary/aromatic N) is 3. The third-order valence-electron chi connectivity index (χ3n) is 8.23. The Morgan fingerprint density at radius 2 is 1.67 bits per heavy atom. The van der Waals surface area contributed by atoms with Crippen molar-refractivity contribution >= 4 is 28.7 Å². The van der Waals surface area contributed by atoms with Gasteiger partial charge in [-0.3, -0.25) is 9.69 Å². The minimum Gasteiger partial charge on any atom is -0.477 e. The molecule has 1 saturated heterocycles. The average Bonchev–Trinajstić information content (AvgIpc) is 3.62. The first-order chi connectivity index (χ1) is 19.0. The number of carbonyl (C=O) groups excluding carboxylic acids is 1. The molecule has 1 saturated carbocycles. The lowest BCUT2D eigenvalue weighted by molar-refractivity contribution is -0.124. The highest BCUT2D eigenvalue weighted by atomic mass is 16.5. The molecule has 39 heavy (non-hydrogen) atoms.